The molecule has 0 aliphatic carbocycles. The van der Waals surface area contributed by atoms with E-state index >= 15 is 0 Å². The number of ether oxygens (including phenoxy) is 1. The van der Waals surface area contributed by atoms with E-state index in [0.29, 0.717) is 0 Å². The highest BCUT2D eigenvalue weighted by Gasteiger charge is 2.39. The standard InChI is InChI=1S/C17H18F3N3O/c1-16(2,3)12-7-5-11(6-8-12)10-24-15-13(9-21)14(17(18,19)20)22-23(15)4/h5-8H,10H2,1-4H3. The van der Waals surface area contributed by atoms with Gasteiger partial charge in [-0.15, -0.1) is 0 Å². The molecule has 0 bridgehead atoms. The largest absolute Gasteiger partial charge is 0.472 e. The molecule has 0 radical (unpaired) electrons. The van der Waals surface area contributed by atoms with Gasteiger partial charge in [-0.05, 0) is 16.5 Å². The van der Waals surface area contributed by atoms with Gasteiger partial charge in [0.05, 0.1) is 0 Å². The van der Waals surface area contributed by atoms with Crippen LogP contribution in [0.1, 0.15) is 43.2 Å². The molecule has 7 heteroatoms. The van der Waals surface area contributed by atoms with Gasteiger partial charge in [-0.25, -0.2) is 4.68 Å². The van der Waals surface area contributed by atoms with Gasteiger partial charge >= 0.3 is 6.18 Å². The first kappa shape index (κ1) is 17.9. The van der Waals surface area contributed by atoms with Crippen LogP contribution in [0.3, 0.4) is 0 Å². The maximum atomic E-state index is 12.9. The molecule has 1 aromatic heterocycles. The van der Waals surface area contributed by atoms with Crippen LogP contribution in [0.5, 0.6) is 5.88 Å². The fourth-order valence-corrected chi connectivity index (χ4v) is 2.23. The first-order valence-electron chi connectivity index (χ1n) is 7.30. The van der Waals surface area contributed by atoms with Crippen LogP contribution in [0.2, 0.25) is 0 Å². The zero-order valence-electron chi connectivity index (χ0n) is 13.9. The Labute approximate surface area is 138 Å². The molecule has 128 valence electrons. The summed E-state index contributed by atoms with van der Waals surface area (Å²) in [4.78, 5) is 0. The Kier molecular flexibility index (Phi) is 4.61. The first-order valence-corrected chi connectivity index (χ1v) is 7.30. The van der Waals surface area contributed by atoms with Crippen LogP contribution in [0, 0.1) is 11.3 Å². The minimum absolute atomic E-state index is 0.0109. The van der Waals surface area contributed by atoms with Crippen molar-refractivity contribution in [3.05, 3.63) is 46.6 Å². The van der Waals surface area contributed by atoms with Crippen molar-refractivity contribution < 1.29 is 17.9 Å². The molecule has 0 atom stereocenters. The summed E-state index contributed by atoms with van der Waals surface area (Å²) in [5.74, 6) is -0.190. The third kappa shape index (κ3) is 3.70. The second-order valence-corrected chi connectivity index (χ2v) is 6.50. The lowest BCUT2D eigenvalue weighted by molar-refractivity contribution is -0.141. The molecule has 0 unspecified atom stereocenters. The first-order chi connectivity index (χ1) is 11.0. The lowest BCUT2D eigenvalue weighted by atomic mass is 9.87. The number of halogens is 3. The van der Waals surface area contributed by atoms with E-state index in [0.717, 1.165) is 15.8 Å². The Hall–Kier alpha value is -2.49. The summed E-state index contributed by atoms with van der Waals surface area (Å²) in [6, 6.07) is 9.14. The van der Waals surface area contributed by atoms with Gasteiger partial charge in [-0.2, -0.15) is 23.5 Å². The number of hydrogen-bond acceptors (Lipinski definition) is 3. The van der Waals surface area contributed by atoms with Crippen molar-refractivity contribution >= 4 is 0 Å². The number of nitrogens with zero attached hydrogens (tertiary/aromatic N) is 3. The topological polar surface area (TPSA) is 50.8 Å². The van der Waals surface area contributed by atoms with Gasteiger partial charge in [-0.3, -0.25) is 0 Å². The molecule has 0 saturated heterocycles. The molecule has 0 saturated carbocycles. The van der Waals surface area contributed by atoms with Gasteiger partial charge in [0.2, 0.25) is 5.88 Å². The van der Waals surface area contributed by atoms with Crippen molar-refractivity contribution in [2.45, 2.75) is 39.0 Å². The minimum Gasteiger partial charge on any atom is -0.472 e. The van der Waals surface area contributed by atoms with Gasteiger partial charge in [0.15, 0.2) is 5.69 Å². The second-order valence-electron chi connectivity index (χ2n) is 6.50. The maximum Gasteiger partial charge on any atom is 0.436 e. The molecule has 0 N–H and O–H groups in total. The molecule has 1 heterocycles. The second kappa shape index (κ2) is 6.19. The molecular formula is C17H18F3N3O. The van der Waals surface area contributed by atoms with E-state index in [2.05, 4.69) is 25.9 Å². The van der Waals surface area contributed by atoms with Gasteiger partial charge in [0, 0.05) is 7.05 Å². The van der Waals surface area contributed by atoms with E-state index in [-0.39, 0.29) is 17.9 Å². The highest BCUT2D eigenvalue weighted by Crippen LogP contribution is 2.35. The van der Waals surface area contributed by atoms with E-state index in [1.54, 1.807) is 0 Å². The number of aromatic nitrogens is 2. The number of alkyl halides is 3. The Morgan fingerprint density at radius 1 is 1.17 bits per heavy atom. The normalized spacial score (nSPS) is 12.1. The average Bonchev–Trinajstić information content (AvgIpc) is 2.81. The summed E-state index contributed by atoms with van der Waals surface area (Å²) in [6.07, 6.45) is -4.70. The summed E-state index contributed by atoms with van der Waals surface area (Å²) < 4.78 is 45.0. The van der Waals surface area contributed by atoms with Crippen molar-refractivity contribution in [2.24, 2.45) is 7.05 Å². The van der Waals surface area contributed by atoms with Crippen LogP contribution in [0.25, 0.3) is 0 Å². The third-order valence-electron chi connectivity index (χ3n) is 3.57. The fourth-order valence-electron chi connectivity index (χ4n) is 2.23. The van der Waals surface area contributed by atoms with Crippen molar-refractivity contribution in [3.8, 4) is 11.9 Å². The molecule has 0 aliphatic rings. The van der Waals surface area contributed by atoms with Crippen LogP contribution in [-0.4, -0.2) is 9.78 Å². The highest BCUT2D eigenvalue weighted by atomic mass is 19.4. The lowest BCUT2D eigenvalue weighted by Crippen LogP contribution is -2.11. The molecule has 0 aliphatic heterocycles. The molecule has 2 aromatic rings. The summed E-state index contributed by atoms with van der Waals surface area (Å²) >= 11 is 0. The number of benzene rings is 1. The smallest absolute Gasteiger partial charge is 0.436 e. The predicted molar refractivity (Wildman–Crippen MR) is 82.4 cm³/mol. The quantitative estimate of drug-likeness (QED) is 0.844. The summed E-state index contributed by atoms with van der Waals surface area (Å²) in [7, 11) is 1.31. The van der Waals surface area contributed by atoms with Crippen LogP contribution in [0.4, 0.5) is 13.2 Å². The van der Waals surface area contributed by atoms with E-state index in [4.69, 9.17) is 10.00 Å². The molecule has 0 fully saturated rings. The van der Waals surface area contributed by atoms with Gasteiger partial charge in [-0.1, -0.05) is 45.0 Å². The van der Waals surface area contributed by atoms with Crippen LogP contribution in [0.15, 0.2) is 24.3 Å². The molecule has 4 nitrogen and oxygen atoms in total. The summed E-state index contributed by atoms with van der Waals surface area (Å²) in [6.45, 7) is 6.32. The lowest BCUT2D eigenvalue weighted by Gasteiger charge is -2.19. The van der Waals surface area contributed by atoms with Crippen molar-refractivity contribution in [2.75, 3.05) is 0 Å². The molecular weight excluding hydrogens is 319 g/mol. The fraction of sp³-hybridized carbons (Fsp3) is 0.412. The number of nitriles is 1. The van der Waals surface area contributed by atoms with Gasteiger partial charge < -0.3 is 4.74 Å². The van der Waals surface area contributed by atoms with Gasteiger partial charge in [0.1, 0.15) is 18.2 Å². The SMILES string of the molecule is Cn1nc(C(F)(F)F)c(C#N)c1OCc1ccc(C(C)(C)C)cc1. The minimum atomic E-state index is -4.70. The van der Waals surface area contributed by atoms with Crippen LogP contribution in [-0.2, 0) is 25.2 Å². The van der Waals surface area contributed by atoms with E-state index in [1.165, 1.54) is 13.1 Å². The summed E-state index contributed by atoms with van der Waals surface area (Å²) in [5, 5.41) is 12.4. The Bertz CT molecular complexity index is 763. The summed E-state index contributed by atoms with van der Waals surface area (Å²) in [5.41, 5.74) is 0.115. The van der Waals surface area contributed by atoms with Crippen molar-refractivity contribution in [1.29, 1.82) is 5.26 Å². The highest BCUT2D eigenvalue weighted by molar-refractivity contribution is 5.44. The number of rotatable bonds is 3. The average molecular weight is 337 g/mol. The van der Waals surface area contributed by atoms with E-state index in [9.17, 15) is 13.2 Å². The molecule has 0 amide bonds. The zero-order chi connectivity index (χ0) is 18.1. The molecule has 24 heavy (non-hydrogen) atoms. The Morgan fingerprint density at radius 3 is 2.21 bits per heavy atom. The van der Waals surface area contributed by atoms with Crippen LogP contribution >= 0.6 is 0 Å². The molecule has 2 rings (SSSR count). The van der Waals surface area contributed by atoms with Crippen molar-refractivity contribution in [3.63, 3.8) is 0 Å². The monoisotopic (exact) mass is 337 g/mol. The van der Waals surface area contributed by atoms with E-state index in [1.807, 2.05) is 24.3 Å². The Balaban J connectivity index is 2.21. The van der Waals surface area contributed by atoms with E-state index < -0.39 is 17.4 Å². The number of aryl methyl sites for hydroxylation is 1. The van der Waals surface area contributed by atoms with Crippen molar-refractivity contribution in [1.82, 2.24) is 9.78 Å². The van der Waals surface area contributed by atoms with Crippen LogP contribution < -0.4 is 4.74 Å². The van der Waals surface area contributed by atoms with Gasteiger partial charge in [0.25, 0.3) is 0 Å². The Morgan fingerprint density at radius 2 is 1.75 bits per heavy atom. The third-order valence-corrected chi connectivity index (χ3v) is 3.57. The predicted octanol–water partition coefficient (Wildman–Crippen LogP) is 4.19. The zero-order valence-corrected chi connectivity index (χ0v) is 13.9. The number of hydrogen-bond donors (Lipinski definition) is 0. The molecule has 1 aromatic carbocycles. The molecule has 0 spiro atoms. The maximum absolute atomic E-state index is 12.9.